The van der Waals surface area contributed by atoms with Gasteiger partial charge < -0.3 is 0 Å². The van der Waals surface area contributed by atoms with E-state index in [-0.39, 0.29) is 47.3 Å². The summed E-state index contributed by atoms with van der Waals surface area (Å²) in [5, 5.41) is 1.76. The fourth-order valence-corrected chi connectivity index (χ4v) is 6.18. The van der Waals surface area contributed by atoms with Crippen molar-refractivity contribution in [3.05, 3.63) is 69.2 Å². The van der Waals surface area contributed by atoms with Crippen LogP contribution in [0.25, 0.3) is 21.8 Å². The van der Waals surface area contributed by atoms with E-state index in [4.69, 9.17) is 9.97 Å². The predicted molar refractivity (Wildman–Crippen MR) is 162 cm³/mol. The molecule has 40 heavy (non-hydrogen) atoms. The highest BCUT2D eigenvalue weighted by Gasteiger charge is 2.24. The first kappa shape index (κ1) is 29.7. The van der Waals surface area contributed by atoms with Crippen LogP contribution in [0, 0.1) is 10.8 Å². The largest absolute Gasteiger partial charge is 0.298 e. The van der Waals surface area contributed by atoms with Crippen molar-refractivity contribution in [3.63, 3.8) is 0 Å². The Kier molecular flexibility index (Phi) is 8.70. The molecule has 0 bridgehead atoms. The maximum Gasteiger partial charge on any atom is 0.262 e. The van der Waals surface area contributed by atoms with E-state index < -0.39 is 10.8 Å². The van der Waals surface area contributed by atoms with Crippen LogP contribution >= 0.6 is 23.5 Å². The van der Waals surface area contributed by atoms with Crippen molar-refractivity contribution in [2.75, 3.05) is 11.5 Å². The van der Waals surface area contributed by atoms with Gasteiger partial charge in [-0.05, 0) is 24.3 Å². The van der Waals surface area contributed by atoms with E-state index in [0.717, 1.165) is 0 Å². The summed E-state index contributed by atoms with van der Waals surface area (Å²) in [6, 6.07) is 14.2. The molecule has 0 saturated carbocycles. The van der Waals surface area contributed by atoms with Gasteiger partial charge in [-0.2, -0.15) is 0 Å². The van der Waals surface area contributed by atoms with Crippen molar-refractivity contribution in [3.8, 4) is 0 Å². The number of aromatic nitrogens is 4. The molecule has 0 radical (unpaired) electrons. The molecule has 0 fully saturated rings. The van der Waals surface area contributed by atoms with Gasteiger partial charge >= 0.3 is 0 Å². The minimum absolute atomic E-state index is 0.0450. The number of rotatable bonds is 9. The van der Waals surface area contributed by atoms with Crippen LogP contribution in [-0.4, -0.2) is 42.2 Å². The Balaban J connectivity index is 1.74. The summed E-state index contributed by atoms with van der Waals surface area (Å²) >= 11 is 2.45. The Morgan fingerprint density at radius 2 is 1.00 bits per heavy atom. The van der Waals surface area contributed by atoms with E-state index in [9.17, 15) is 19.2 Å². The monoisotopic (exact) mass is 578 g/mol. The summed E-state index contributed by atoms with van der Waals surface area (Å²) < 4.78 is 3.05. The molecule has 0 aliphatic carbocycles. The second-order valence-corrected chi connectivity index (χ2v) is 13.5. The molecule has 0 N–H and O–H groups in total. The minimum Gasteiger partial charge on any atom is -0.298 e. The highest BCUT2D eigenvalue weighted by molar-refractivity contribution is 8.00. The van der Waals surface area contributed by atoms with Crippen molar-refractivity contribution < 1.29 is 9.59 Å². The molecule has 4 rings (SSSR count). The topological polar surface area (TPSA) is 104 Å². The Bertz CT molecular complexity index is 1580. The molecule has 10 heteroatoms. The van der Waals surface area contributed by atoms with Gasteiger partial charge in [0.25, 0.3) is 11.1 Å². The molecule has 2 aromatic carbocycles. The molecule has 0 unspecified atom stereocenters. The van der Waals surface area contributed by atoms with Crippen molar-refractivity contribution in [2.45, 2.75) is 64.9 Å². The summed E-state index contributed by atoms with van der Waals surface area (Å²) in [6.45, 7) is 11.4. The van der Waals surface area contributed by atoms with Crippen LogP contribution in [0.1, 0.15) is 41.5 Å². The quantitative estimate of drug-likeness (QED) is 0.197. The molecule has 0 aliphatic rings. The smallest absolute Gasteiger partial charge is 0.262 e. The lowest BCUT2D eigenvalue weighted by molar-refractivity contribution is -0.124. The van der Waals surface area contributed by atoms with E-state index in [2.05, 4.69) is 0 Å². The van der Waals surface area contributed by atoms with Gasteiger partial charge in [0, 0.05) is 23.9 Å². The third kappa shape index (κ3) is 6.55. The van der Waals surface area contributed by atoms with Gasteiger partial charge in [-0.25, -0.2) is 9.97 Å². The van der Waals surface area contributed by atoms with Gasteiger partial charge in [-0.15, -0.1) is 0 Å². The Hall–Kier alpha value is -3.24. The van der Waals surface area contributed by atoms with Crippen LogP contribution in [0.5, 0.6) is 0 Å². The molecule has 8 nitrogen and oxygen atoms in total. The zero-order valence-corrected chi connectivity index (χ0v) is 25.3. The zero-order valence-electron chi connectivity index (χ0n) is 23.7. The maximum absolute atomic E-state index is 13.6. The molecule has 2 aromatic heterocycles. The number of Topliss-reactive ketones (excluding diaryl/α,β-unsaturated/α-hetero) is 2. The van der Waals surface area contributed by atoms with Gasteiger partial charge in [0.15, 0.2) is 10.3 Å². The molecular formula is C30H34N4O4S2. The van der Waals surface area contributed by atoms with E-state index >= 15 is 0 Å². The number of fused-ring (bicyclic) bond motifs is 2. The summed E-state index contributed by atoms with van der Waals surface area (Å²) in [6.07, 6.45) is 0. The Morgan fingerprint density at radius 1 is 0.650 bits per heavy atom. The van der Waals surface area contributed by atoms with Crippen molar-refractivity contribution >= 4 is 56.9 Å². The van der Waals surface area contributed by atoms with Gasteiger partial charge in [-0.3, -0.25) is 28.3 Å². The second kappa shape index (κ2) is 11.7. The second-order valence-electron chi connectivity index (χ2n) is 11.7. The van der Waals surface area contributed by atoms with E-state index in [1.54, 1.807) is 36.4 Å². The van der Waals surface area contributed by atoms with Crippen LogP contribution in [-0.2, 0) is 22.7 Å². The number of ketones is 2. The van der Waals surface area contributed by atoms with Crippen LogP contribution in [0.2, 0.25) is 0 Å². The van der Waals surface area contributed by atoms with Crippen molar-refractivity contribution in [2.24, 2.45) is 10.8 Å². The van der Waals surface area contributed by atoms with Crippen LogP contribution in [0.4, 0.5) is 0 Å². The Labute approximate surface area is 241 Å². The summed E-state index contributed by atoms with van der Waals surface area (Å²) in [5.41, 5.74) is -0.414. The molecule has 0 spiro atoms. The van der Waals surface area contributed by atoms with Crippen LogP contribution in [0.3, 0.4) is 0 Å². The first-order chi connectivity index (χ1) is 18.8. The van der Waals surface area contributed by atoms with Gasteiger partial charge in [0.2, 0.25) is 0 Å². The number of nitrogens with zero attached hydrogens (tertiary/aromatic N) is 4. The van der Waals surface area contributed by atoms with Crippen LogP contribution in [0.15, 0.2) is 68.4 Å². The van der Waals surface area contributed by atoms with Crippen molar-refractivity contribution in [1.29, 1.82) is 0 Å². The van der Waals surface area contributed by atoms with Crippen molar-refractivity contribution in [1.82, 2.24) is 19.1 Å². The number of para-hydroxylation sites is 2. The molecule has 0 atom stereocenters. The third-order valence-corrected chi connectivity index (χ3v) is 8.49. The number of carbonyl (C=O) groups excluding carboxylic acids is 2. The van der Waals surface area contributed by atoms with E-state index in [1.807, 2.05) is 53.7 Å². The van der Waals surface area contributed by atoms with Gasteiger partial charge in [-0.1, -0.05) is 89.3 Å². The van der Waals surface area contributed by atoms with Gasteiger partial charge in [0.05, 0.1) is 33.3 Å². The molecule has 4 aromatic rings. The number of hydrogen-bond donors (Lipinski definition) is 0. The lowest BCUT2D eigenvalue weighted by Gasteiger charge is -2.19. The fourth-order valence-electron chi connectivity index (χ4n) is 3.80. The highest BCUT2D eigenvalue weighted by atomic mass is 32.2. The minimum atomic E-state index is -0.518. The van der Waals surface area contributed by atoms with E-state index in [0.29, 0.717) is 32.1 Å². The maximum atomic E-state index is 13.6. The number of thioether (sulfide) groups is 2. The first-order valence-electron chi connectivity index (χ1n) is 13.1. The standard InChI is InChI=1S/C30H34N4O4S2/c1-29(2,3)23(35)17-39-27-31-21-13-9-7-11-19(21)25(37)33(27)15-16-34-26(38)20-12-8-10-14-22(20)32-28(34)40-18-24(36)30(4,5)6/h7-14H,15-18H2,1-6H3. The average molecular weight is 579 g/mol. The Morgan fingerprint density at radius 3 is 1.35 bits per heavy atom. The number of hydrogen-bond acceptors (Lipinski definition) is 8. The molecule has 0 amide bonds. The predicted octanol–water partition coefficient (Wildman–Crippen LogP) is 5.22. The van der Waals surface area contributed by atoms with E-state index in [1.165, 1.54) is 32.7 Å². The average Bonchev–Trinajstić information content (AvgIpc) is 2.90. The fraction of sp³-hybridized carbons (Fsp3) is 0.400. The molecule has 0 saturated heterocycles. The first-order valence-corrected chi connectivity index (χ1v) is 15.1. The highest BCUT2D eigenvalue weighted by Crippen LogP contribution is 2.25. The SMILES string of the molecule is CC(C)(C)C(=O)CSc1nc2ccccc2c(=O)n1CCn1c(SCC(=O)C(C)(C)C)nc2ccccc2c1=O. The molecular weight excluding hydrogens is 544 g/mol. The molecule has 210 valence electrons. The summed E-state index contributed by atoms with van der Waals surface area (Å²) in [7, 11) is 0. The molecule has 0 aliphatic heterocycles. The molecule has 2 heterocycles. The summed E-state index contributed by atoms with van der Waals surface area (Å²) in [4.78, 5) is 61.9. The normalized spacial score (nSPS) is 12.2. The zero-order chi connectivity index (χ0) is 29.2. The lowest BCUT2D eigenvalue weighted by Crippen LogP contribution is -2.31. The number of benzene rings is 2. The lowest BCUT2D eigenvalue weighted by atomic mass is 9.92. The van der Waals surface area contributed by atoms with Gasteiger partial charge in [0.1, 0.15) is 11.6 Å². The van der Waals surface area contributed by atoms with Crippen LogP contribution < -0.4 is 11.1 Å². The third-order valence-electron chi connectivity index (χ3n) is 6.54. The number of carbonyl (C=O) groups is 2. The summed E-state index contributed by atoms with van der Waals surface area (Å²) in [5.74, 6) is 0.427.